The molecule has 14 heteroatoms. The van der Waals surface area contributed by atoms with Gasteiger partial charge in [0.2, 0.25) is 21.8 Å². The Morgan fingerprint density at radius 2 is 1.62 bits per heavy atom. The van der Waals surface area contributed by atoms with Gasteiger partial charge in [-0.1, -0.05) is 0 Å². The number of hydrogen-bond donors (Lipinski definition) is 1. The molecule has 2 aromatic heterocycles. The molecule has 3 aromatic rings. The molecule has 1 saturated heterocycles. The highest BCUT2D eigenvalue weighted by molar-refractivity contribution is 7.89. The SMILES string of the molecule is CN1CCN(S(=O)(=O)c2ccc(Nc3ncc(F)c(-c4cnc(C(F)(F)F)n4C)n3)cc2)CC1. The molecule has 0 unspecified atom stereocenters. The van der Waals surface area contributed by atoms with E-state index in [0.717, 1.165) is 19.4 Å². The molecule has 34 heavy (non-hydrogen) atoms. The van der Waals surface area contributed by atoms with Crippen molar-refractivity contribution in [2.45, 2.75) is 11.1 Å². The van der Waals surface area contributed by atoms with Crippen LogP contribution < -0.4 is 5.32 Å². The average molecular weight is 499 g/mol. The van der Waals surface area contributed by atoms with Crippen LogP contribution in [0.5, 0.6) is 0 Å². The van der Waals surface area contributed by atoms with E-state index in [1.165, 1.54) is 28.6 Å². The lowest BCUT2D eigenvalue weighted by molar-refractivity contribution is -0.146. The number of nitrogens with zero attached hydrogens (tertiary/aromatic N) is 6. The van der Waals surface area contributed by atoms with Gasteiger partial charge >= 0.3 is 6.18 Å². The Hall–Kier alpha value is -3.10. The standard InChI is InChI=1S/C20H21F4N7O2S/c1-29-7-9-31(10-8-29)34(32,33)14-5-3-13(4-6-14)27-19-26-11-15(21)17(28-19)16-12-25-18(30(16)2)20(22,23)24/h3-6,11-12H,7-10H2,1-2H3,(H,26,27,28). The number of nitrogens with one attached hydrogen (secondary N) is 1. The van der Waals surface area contributed by atoms with Crippen molar-refractivity contribution in [1.29, 1.82) is 0 Å². The number of benzene rings is 1. The van der Waals surface area contributed by atoms with E-state index < -0.39 is 27.8 Å². The monoisotopic (exact) mass is 499 g/mol. The third-order valence-corrected chi connectivity index (χ3v) is 7.35. The van der Waals surface area contributed by atoms with Gasteiger partial charge < -0.3 is 14.8 Å². The first-order valence-corrected chi connectivity index (χ1v) is 11.6. The number of likely N-dealkylation sites (N-methyl/N-ethyl adjacent to an activating group) is 1. The Labute approximate surface area is 193 Å². The number of alkyl halides is 3. The average Bonchev–Trinajstić information content (AvgIpc) is 3.17. The van der Waals surface area contributed by atoms with Crippen molar-refractivity contribution in [2.24, 2.45) is 7.05 Å². The number of halogens is 4. The van der Waals surface area contributed by atoms with Crippen molar-refractivity contribution >= 4 is 21.7 Å². The summed E-state index contributed by atoms with van der Waals surface area (Å²) in [7, 11) is -0.604. The zero-order valence-electron chi connectivity index (χ0n) is 18.2. The first kappa shape index (κ1) is 24.0. The summed E-state index contributed by atoms with van der Waals surface area (Å²) in [5, 5.41) is 2.81. The van der Waals surface area contributed by atoms with Crippen molar-refractivity contribution in [3.8, 4) is 11.4 Å². The minimum absolute atomic E-state index is 0.0826. The number of rotatable bonds is 5. The summed E-state index contributed by atoms with van der Waals surface area (Å²) in [6, 6.07) is 5.86. The van der Waals surface area contributed by atoms with Crippen molar-refractivity contribution in [2.75, 3.05) is 38.5 Å². The zero-order chi connectivity index (χ0) is 24.7. The molecule has 1 aromatic carbocycles. The molecule has 4 rings (SSSR count). The van der Waals surface area contributed by atoms with Crippen LogP contribution in [0.1, 0.15) is 5.82 Å². The summed E-state index contributed by atoms with van der Waals surface area (Å²) in [5.74, 6) is -2.19. The summed E-state index contributed by atoms with van der Waals surface area (Å²) in [5.41, 5.74) is -0.128. The van der Waals surface area contributed by atoms with Crippen LogP contribution in [0.3, 0.4) is 0 Å². The maximum atomic E-state index is 14.3. The molecule has 0 aliphatic carbocycles. The second-order valence-electron chi connectivity index (χ2n) is 7.77. The highest BCUT2D eigenvalue weighted by Crippen LogP contribution is 2.31. The Balaban J connectivity index is 1.55. The van der Waals surface area contributed by atoms with Crippen molar-refractivity contribution in [1.82, 2.24) is 28.7 Å². The van der Waals surface area contributed by atoms with Gasteiger partial charge in [-0.2, -0.15) is 17.5 Å². The lowest BCUT2D eigenvalue weighted by Crippen LogP contribution is -2.46. The van der Waals surface area contributed by atoms with Gasteiger partial charge in [-0.3, -0.25) is 0 Å². The van der Waals surface area contributed by atoms with Crippen LogP contribution in [0.4, 0.5) is 29.2 Å². The molecule has 0 radical (unpaired) electrons. The third kappa shape index (κ3) is 4.74. The smallest absolute Gasteiger partial charge is 0.324 e. The van der Waals surface area contributed by atoms with E-state index in [9.17, 15) is 26.0 Å². The van der Waals surface area contributed by atoms with Crippen LogP contribution in [0.25, 0.3) is 11.4 Å². The molecule has 3 heterocycles. The van der Waals surface area contributed by atoms with Crippen LogP contribution in [0.15, 0.2) is 41.6 Å². The second-order valence-corrected chi connectivity index (χ2v) is 9.71. The quantitative estimate of drug-likeness (QED) is 0.540. The molecule has 182 valence electrons. The summed E-state index contributed by atoms with van der Waals surface area (Å²) >= 11 is 0. The van der Waals surface area contributed by atoms with Gasteiger partial charge in [0.05, 0.1) is 23.0 Å². The Bertz CT molecular complexity index is 1290. The predicted octanol–water partition coefficient (Wildman–Crippen LogP) is 2.71. The summed E-state index contributed by atoms with van der Waals surface area (Å²) in [6.07, 6.45) is -2.99. The number of imidazole rings is 1. The Morgan fingerprint density at radius 3 is 2.21 bits per heavy atom. The van der Waals surface area contributed by atoms with Gasteiger partial charge in [0.1, 0.15) is 5.69 Å². The number of anilines is 2. The molecular formula is C20H21F4N7O2S. The van der Waals surface area contributed by atoms with Crippen LogP contribution in [-0.4, -0.2) is 70.4 Å². The highest BCUT2D eigenvalue weighted by Gasteiger charge is 2.37. The minimum Gasteiger partial charge on any atom is -0.324 e. The molecule has 0 saturated carbocycles. The first-order chi connectivity index (χ1) is 16.0. The number of hydrogen-bond acceptors (Lipinski definition) is 7. The van der Waals surface area contributed by atoms with Gasteiger partial charge in [0.15, 0.2) is 5.82 Å². The van der Waals surface area contributed by atoms with Gasteiger partial charge in [0.25, 0.3) is 0 Å². The van der Waals surface area contributed by atoms with Gasteiger partial charge in [-0.05, 0) is 31.3 Å². The first-order valence-electron chi connectivity index (χ1n) is 10.1. The van der Waals surface area contributed by atoms with E-state index in [4.69, 9.17) is 0 Å². The summed E-state index contributed by atoms with van der Waals surface area (Å²) < 4.78 is 81.2. The molecule has 0 spiro atoms. The largest absolute Gasteiger partial charge is 0.449 e. The molecule has 0 amide bonds. The van der Waals surface area contributed by atoms with E-state index in [1.54, 1.807) is 0 Å². The summed E-state index contributed by atoms with van der Waals surface area (Å²) in [4.78, 5) is 13.3. The predicted molar refractivity (Wildman–Crippen MR) is 115 cm³/mol. The van der Waals surface area contributed by atoms with Crippen molar-refractivity contribution < 1.29 is 26.0 Å². The van der Waals surface area contributed by atoms with E-state index in [-0.39, 0.29) is 22.2 Å². The molecular weight excluding hydrogens is 478 g/mol. The fourth-order valence-corrected chi connectivity index (χ4v) is 4.94. The van der Waals surface area contributed by atoms with Crippen LogP contribution in [0.2, 0.25) is 0 Å². The fourth-order valence-electron chi connectivity index (χ4n) is 3.52. The molecule has 1 fully saturated rings. The summed E-state index contributed by atoms with van der Waals surface area (Å²) in [6.45, 7) is 2.08. The third-order valence-electron chi connectivity index (χ3n) is 5.44. The van der Waals surface area contributed by atoms with Crippen LogP contribution in [0, 0.1) is 5.82 Å². The maximum Gasteiger partial charge on any atom is 0.449 e. The zero-order valence-corrected chi connectivity index (χ0v) is 19.0. The maximum absolute atomic E-state index is 14.3. The van der Waals surface area contributed by atoms with Crippen molar-refractivity contribution in [3.63, 3.8) is 0 Å². The molecule has 0 atom stereocenters. The molecule has 1 N–H and O–H groups in total. The van der Waals surface area contributed by atoms with Crippen LogP contribution >= 0.6 is 0 Å². The van der Waals surface area contributed by atoms with Gasteiger partial charge in [-0.15, -0.1) is 0 Å². The lowest BCUT2D eigenvalue weighted by Gasteiger charge is -2.31. The van der Waals surface area contributed by atoms with Gasteiger partial charge in [-0.25, -0.2) is 27.8 Å². The van der Waals surface area contributed by atoms with Crippen molar-refractivity contribution in [3.05, 3.63) is 48.3 Å². The van der Waals surface area contributed by atoms with E-state index >= 15 is 0 Å². The minimum atomic E-state index is -4.70. The topological polar surface area (TPSA) is 96.3 Å². The Kier molecular flexibility index (Phi) is 6.31. The van der Waals surface area contributed by atoms with Gasteiger partial charge in [0, 0.05) is 38.9 Å². The lowest BCUT2D eigenvalue weighted by atomic mass is 10.3. The van der Waals surface area contributed by atoms with E-state index in [2.05, 4.69) is 20.3 Å². The molecule has 0 bridgehead atoms. The Morgan fingerprint density at radius 1 is 0.971 bits per heavy atom. The fraction of sp³-hybridized carbons (Fsp3) is 0.350. The molecule has 9 nitrogen and oxygen atoms in total. The molecule has 1 aliphatic heterocycles. The number of piperazine rings is 1. The number of sulfonamides is 1. The highest BCUT2D eigenvalue weighted by atomic mass is 32.2. The second kappa shape index (κ2) is 8.92. The van der Waals surface area contributed by atoms with Crippen LogP contribution in [-0.2, 0) is 23.2 Å². The van der Waals surface area contributed by atoms with E-state index in [1.807, 2.05) is 11.9 Å². The van der Waals surface area contributed by atoms with E-state index in [0.29, 0.717) is 36.4 Å². The normalized spacial score (nSPS) is 16.1. The number of aromatic nitrogens is 4. The molecule has 1 aliphatic rings.